The summed E-state index contributed by atoms with van der Waals surface area (Å²) in [6.07, 6.45) is 2.69. The van der Waals surface area contributed by atoms with Gasteiger partial charge in [0.1, 0.15) is 22.5 Å². The van der Waals surface area contributed by atoms with Gasteiger partial charge in [0, 0.05) is 24.5 Å². The lowest BCUT2D eigenvalue weighted by molar-refractivity contribution is -0.116. The normalized spacial score (nSPS) is 15.8. The third-order valence-corrected chi connectivity index (χ3v) is 6.98. The Kier molecular flexibility index (Phi) is 7.50. The summed E-state index contributed by atoms with van der Waals surface area (Å²) in [7, 11) is -3.71. The van der Waals surface area contributed by atoms with Crippen LogP contribution in [-0.2, 0) is 14.8 Å². The van der Waals surface area contributed by atoms with Gasteiger partial charge in [-0.2, -0.15) is 4.31 Å². The molecule has 0 aliphatic carbocycles. The zero-order chi connectivity index (χ0) is 22.4. The third kappa shape index (κ3) is 5.74. The first kappa shape index (κ1) is 23.0. The van der Waals surface area contributed by atoms with Crippen molar-refractivity contribution in [2.24, 2.45) is 0 Å². The lowest BCUT2D eigenvalue weighted by Crippen LogP contribution is -2.36. The Hall–Kier alpha value is -2.65. The Labute approximate surface area is 182 Å². The number of piperidine rings is 1. The van der Waals surface area contributed by atoms with E-state index in [2.05, 4.69) is 10.6 Å². The van der Waals surface area contributed by atoms with Gasteiger partial charge in [0.2, 0.25) is 15.9 Å². The first-order chi connectivity index (χ1) is 14.8. The Morgan fingerprint density at radius 1 is 1.10 bits per heavy atom. The highest BCUT2D eigenvalue weighted by molar-refractivity contribution is 7.89. The van der Waals surface area contributed by atoms with Crippen molar-refractivity contribution in [2.75, 3.05) is 30.3 Å². The molecule has 1 heterocycles. The number of benzene rings is 2. The molecule has 2 aromatic carbocycles. The molecule has 168 valence electrons. The highest BCUT2D eigenvalue weighted by atomic mass is 32.2. The van der Waals surface area contributed by atoms with Gasteiger partial charge in [0.05, 0.1) is 6.61 Å². The SMILES string of the molecule is CCOc1ccc(NC(C)C(=O)Nc2ccc(F)cc2)cc1S(=O)(=O)N1CCCCC1. The fraction of sp³-hybridized carbons (Fsp3) is 0.409. The molecule has 9 heteroatoms. The van der Waals surface area contributed by atoms with Crippen molar-refractivity contribution in [1.82, 2.24) is 4.31 Å². The number of rotatable bonds is 8. The standard InChI is InChI=1S/C22H28FN3O4S/c1-3-30-20-12-11-19(15-21(20)31(28,29)26-13-5-4-6-14-26)24-16(2)22(27)25-18-9-7-17(23)8-10-18/h7-12,15-16,24H,3-6,13-14H2,1-2H3,(H,25,27). The van der Waals surface area contributed by atoms with Gasteiger partial charge in [-0.25, -0.2) is 12.8 Å². The number of nitrogens with one attached hydrogen (secondary N) is 2. The number of carbonyl (C=O) groups excluding carboxylic acids is 1. The van der Waals surface area contributed by atoms with Gasteiger partial charge in [-0.05, 0) is 69.2 Å². The fourth-order valence-corrected chi connectivity index (χ4v) is 5.09. The second-order valence-corrected chi connectivity index (χ2v) is 9.33. The average molecular weight is 450 g/mol. The molecule has 0 spiro atoms. The van der Waals surface area contributed by atoms with Crippen LogP contribution >= 0.6 is 0 Å². The number of hydrogen-bond donors (Lipinski definition) is 2. The molecule has 31 heavy (non-hydrogen) atoms. The third-order valence-electron chi connectivity index (χ3n) is 5.06. The summed E-state index contributed by atoms with van der Waals surface area (Å²) >= 11 is 0. The summed E-state index contributed by atoms with van der Waals surface area (Å²) in [5.41, 5.74) is 0.959. The first-order valence-electron chi connectivity index (χ1n) is 10.4. The summed E-state index contributed by atoms with van der Waals surface area (Å²) in [5.74, 6) is -0.427. The van der Waals surface area contributed by atoms with Crippen molar-refractivity contribution in [2.45, 2.75) is 44.0 Å². The van der Waals surface area contributed by atoms with Crippen LogP contribution in [0, 0.1) is 5.82 Å². The van der Waals surface area contributed by atoms with Gasteiger partial charge in [-0.3, -0.25) is 4.79 Å². The summed E-state index contributed by atoms with van der Waals surface area (Å²) < 4.78 is 46.6. The van der Waals surface area contributed by atoms with Crippen molar-refractivity contribution in [3.05, 3.63) is 48.3 Å². The predicted octanol–water partition coefficient (Wildman–Crippen LogP) is 3.84. The second kappa shape index (κ2) is 10.1. The Morgan fingerprint density at radius 3 is 2.39 bits per heavy atom. The van der Waals surface area contributed by atoms with Gasteiger partial charge in [0.15, 0.2) is 0 Å². The maximum Gasteiger partial charge on any atom is 0.246 e. The molecular weight excluding hydrogens is 421 g/mol. The minimum absolute atomic E-state index is 0.0902. The lowest BCUT2D eigenvalue weighted by Gasteiger charge is -2.27. The molecular formula is C22H28FN3O4S. The van der Waals surface area contributed by atoms with Gasteiger partial charge < -0.3 is 15.4 Å². The van der Waals surface area contributed by atoms with E-state index in [0.717, 1.165) is 19.3 Å². The maximum absolute atomic E-state index is 13.2. The molecule has 3 rings (SSSR count). The number of sulfonamides is 1. The monoisotopic (exact) mass is 449 g/mol. The van der Waals surface area contributed by atoms with Crippen LogP contribution < -0.4 is 15.4 Å². The van der Waals surface area contributed by atoms with Crippen LogP contribution in [0.2, 0.25) is 0 Å². The van der Waals surface area contributed by atoms with Crippen LogP contribution in [0.3, 0.4) is 0 Å². The second-order valence-electron chi connectivity index (χ2n) is 7.42. The van der Waals surface area contributed by atoms with Crippen molar-refractivity contribution >= 4 is 27.3 Å². The van der Waals surface area contributed by atoms with Crippen LogP contribution in [0.15, 0.2) is 47.4 Å². The van der Waals surface area contributed by atoms with E-state index in [1.807, 2.05) is 0 Å². The van der Waals surface area contributed by atoms with Crippen molar-refractivity contribution in [3.8, 4) is 5.75 Å². The van der Waals surface area contributed by atoms with Crippen molar-refractivity contribution in [3.63, 3.8) is 0 Å². The van der Waals surface area contributed by atoms with E-state index in [1.165, 1.54) is 34.6 Å². The smallest absolute Gasteiger partial charge is 0.246 e. The van der Waals surface area contributed by atoms with Crippen LogP contribution in [0.1, 0.15) is 33.1 Å². The predicted molar refractivity (Wildman–Crippen MR) is 118 cm³/mol. The molecule has 2 aromatic rings. The zero-order valence-electron chi connectivity index (χ0n) is 17.7. The number of amides is 1. The van der Waals surface area contributed by atoms with Gasteiger partial charge in [0.25, 0.3) is 0 Å². The van der Waals surface area contributed by atoms with Gasteiger partial charge >= 0.3 is 0 Å². The van der Waals surface area contributed by atoms with Gasteiger partial charge in [-0.1, -0.05) is 6.42 Å². The minimum Gasteiger partial charge on any atom is -0.492 e. The zero-order valence-corrected chi connectivity index (χ0v) is 18.5. The van der Waals surface area contributed by atoms with E-state index >= 15 is 0 Å². The lowest BCUT2D eigenvalue weighted by atomic mass is 10.2. The number of hydrogen-bond acceptors (Lipinski definition) is 5. The van der Waals surface area contributed by atoms with Crippen molar-refractivity contribution < 1.29 is 22.3 Å². The number of anilines is 2. The molecule has 1 saturated heterocycles. The van der Waals surface area contributed by atoms with E-state index in [9.17, 15) is 17.6 Å². The molecule has 1 aliphatic heterocycles. The largest absolute Gasteiger partial charge is 0.492 e. The topological polar surface area (TPSA) is 87.7 Å². The Morgan fingerprint density at radius 2 is 1.74 bits per heavy atom. The van der Waals surface area contributed by atoms with Crippen LogP contribution in [0.5, 0.6) is 5.75 Å². The highest BCUT2D eigenvalue weighted by Gasteiger charge is 2.29. The number of nitrogens with zero attached hydrogens (tertiary/aromatic N) is 1. The Bertz CT molecular complexity index is 1010. The molecule has 7 nitrogen and oxygen atoms in total. The number of carbonyl (C=O) groups is 1. The van der Waals surface area contributed by atoms with Gasteiger partial charge in [-0.15, -0.1) is 0 Å². The minimum atomic E-state index is -3.71. The quantitative estimate of drug-likeness (QED) is 0.639. The van der Waals surface area contributed by atoms with E-state index in [4.69, 9.17) is 4.74 Å². The molecule has 1 fully saturated rings. The molecule has 1 unspecified atom stereocenters. The molecule has 0 aromatic heterocycles. The molecule has 0 radical (unpaired) electrons. The summed E-state index contributed by atoms with van der Waals surface area (Å²) in [5, 5.41) is 5.73. The van der Waals surface area contributed by atoms with Crippen LogP contribution in [-0.4, -0.2) is 44.4 Å². The first-order valence-corrected chi connectivity index (χ1v) is 11.8. The molecule has 0 bridgehead atoms. The Balaban J connectivity index is 1.79. The van der Waals surface area contributed by atoms with Crippen LogP contribution in [0.4, 0.5) is 15.8 Å². The van der Waals surface area contributed by atoms with E-state index in [-0.39, 0.29) is 16.6 Å². The molecule has 2 N–H and O–H groups in total. The maximum atomic E-state index is 13.2. The molecule has 0 saturated carbocycles. The molecule has 1 aliphatic rings. The van der Waals surface area contributed by atoms with Crippen LogP contribution in [0.25, 0.3) is 0 Å². The molecule has 1 amide bonds. The average Bonchev–Trinajstić information content (AvgIpc) is 2.77. The van der Waals surface area contributed by atoms with E-state index in [1.54, 1.807) is 26.0 Å². The molecule has 1 atom stereocenters. The number of ether oxygens (including phenoxy) is 1. The summed E-state index contributed by atoms with van der Waals surface area (Å²) in [6, 6.07) is 9.61. The highest BCUT2D eigenvalue weighted by Crippen LogP contribution is 2.31. The van der Waals surface area contributed by atoms with E-state index in [0.29, 0.717) is 36.8 Å². The van der Waals surface area contributed by atoms with Crippen molar-refractivity contribution in [1.29, 1.82) is 0 Å². The summed E-state index contributed by atoms with van der Waals surface area (Å²) in [6.45, 7) is 4.77. The number of halogens is 1. The summed E-state index contributed by atoms with van der Waals surface area (Å²) in [4.78, 5) is 12.6. The van der Waals surface area contributed by atoms with E-state index < -0.39 is 16.1 Å². The fourth-order valence-electron chi connectivity index (χ4n) is 3.42.